The van der Waals surface area contributed by atoms with E-state index in [1.165, 1.54) is 12.1 Å². The molecule has 1 aliphatic carbocycles. The van der Waals surface area contributed by atoms with Crippen molar-refractivity contribution in [1.82, 2.24) is 0 Å². The molecule has 0 aromatic heterocycles. The van der Waals surface area contributed by atoms with Crippen LogP contribution in [0.1, 0.15) is 43.2 Å². The van der Waals surface area contributed by atoms with Gasteiger partial charge >= 0.3 is 18.3 Å². The molecule has 1 saturated carbocycles. The normalized spacial score (nSPS) is 16.6. The number of ether oxygens (including phenoxy) is 1. The van der Waals surface area contributed by atoms with Crippen LogP contribution in [0.5, 0.6) is 5.75 Å². The van der Waals surface area contributed by atoms with E-state index < -0.39 is 35.9 Å². The Kier molecular flexibility index (Phi) is 6.70. The smallest absolute Gasteiger partial charge is 0.422 e. The number of halogens is 7. The maximum atomic E-state index is 12.9. The van der Waals surface area contributed by atoms with Crippen molar-refractivity contribution >= 4 is 17.6 Å². The molecule has 0 spiro atoms. The Bertz CT molecular complexity index is 977. The van der Waals surface area contributed by atoms with Crippen LogP contribution in [0.4, 0.5) is 26.3 Å². The van der Waals surface area contributed by atoms with Crippen LogP contribution in [0.15, 0.2) is 36.4 Å². The van der Waals surface area contributed by atoms with Gasteiger partial charge in [0.25, 0.3) is 0 Å². The Labute approximate surface area is 184 Å². The van der Waals surface area contributed by atoms with Gasteiger partial charge in [-0.1, -0.05) is 43.0 Å². The van der Waals surface area contributed by atoms with Crippen LogP contribution < -0.4 is 4.74 Å². The van der Waals surface area contributed by atoms with E-state index in [0.717, 1.165) is 30.7 Å². The molecule has 0 atom stereocenters. The van der Waals surface area contributed by atoms with E-state index >= 15 is 0 Å². The number of carbonyl (C=O) groups is 1. The minimum Gasteiger partial charge on any atom is -0.483 e. The molecule has 1 N–H and O–H groups in total. The minimum atomic E-state index is -4.66. The summed E-state index contributed by atoms with van der Waals surface area (Å²) in [5, 5.41) is 9.73. The number of carboxylic acids is 1. The molecule has 2 aromatic carbocycles. The van der Waals surface area contributed by atoms with Crippen LogP contribution in [0.2, 0.25) is 5.02 Å². The number of aliphatic carboxylic acids is 1. The summed E-state index contributed by atoms with van der Waals surface area (Å²) >= 11 is 6.28. The predicted molar refractivity (Wildman–Crippen MR) is 106 cm³/mol. The first kappa shape index (κ1) is 24.2. The van der Waals surface area contributed by atoms with Gasteiger partial charge in [0.2, 0.25) is 0 Å². The van der Waals surface area contributed by atoms with E-state index in [0.29, 0.717) is 12.8 Å². The Morgan fingerprint density at radius 1 is 1.00 bits per heavy atom. The summed E-state index contributed by atoms with van der Waals surface area (Å²) in [5.74, 6) is -1.50. The predicted octanol–water partition coefficient (Wildman–Crippen LogP) is 7.25. The van der Waals surface area contributed by atoms with Crippen LogP contribution in [0, 0.1) is 0 Å². The lowest BCUT2D eigenvalue weighted by Gasteiger charge is -2.34. The average molecular weight is 481 g/mol. The van der Waals surface area contributed by atoms with Gasteiger partial charge in [0, 0.05) is 5.56 Å². The number of carboxylic acid groups (broad SMARTS) is 1. The molecule has 0 aliphatic heterocycles. The van der Waals surface area contributed by atoms with Crippen LogP contribution >= 0.6 is 11.6 Å². The zero-order valence-electron chi connectivity index (χ0n) is 16.6. The lowest BCUT2D eigenvalue weighted by molar-refractivity contribution is -0.153. The molecule has 0 radical (unpaired) electrons. The molecule has 2 aromatic rings. The standard InChI is InChI=1S/C22H19ClF6O3/c23-18-16(13-4-6-14(7-5-13)22(27,28)29)10-15(11-17(18)32-12-21(24,25)26)20(19(30)31)8-2-1-3-9-20/h4-7,10-11H,1-3,8-9,12H2,(H,30,31). The molecule has 0 bridgehead atoms. The third-order valence-electron chi connectivity index (χ3n) is 5.62. The first-order valence-electron chi connectivity index (χ1n) is 9.78. The summed E-state index contributed by atoms with van der Waals surface area (Å²) in [5.41, 5.74) is -1.75. The summed E-state index contributed by atoms with van der Waals surface area (Å²) in [6.07, 6.45) is -6.63. The summed E-state index contributed by atoms with van der Waals surface area (Å²) in [4.78, 5) is 12.2. The van der Waals surface area contributed by atoms with Crippen molar-refractivity contribution in [3.05, 3.63) is 52.5 Å². The number of rotatable bonds is 5. The van der Waals surface area contributed by atoms with E-state index in [9.17, 15) is 36.2 Å². The third-order valence-corrected chi connectivity index (χ3v) is 6.01. The third kappa shape index (κ3) is 5.14. The molecule has 1 aliphatic rings. The number of benzene rings is 2. The molecule has 0 unspecified atom stereocenters. The van der Waals surface area contributed by atoms with Crippen LogP contribution in [-0.2, 0) is 16.4 Å². The highest BCUT2D eigenvalue weighted by Gasteiger charge is 2.42. The second-order valence-electron chi connectivity index (χ2n) is 7.76. The fourth-order valence-electron chi connectivity index (χ4n) is 3.97. The van der Waals surface area contributed by atoms with E-state index in [-0.39, 0.29) is 40.3 Å². The van der Waals surface area contributed by atoms with Crippen molar-refractivity contribution in [2.24, 2.45) is 0 Å². The molecule has 0 amide bonds. The van der Waals surface area contributed by atoms with Crippen molar-refractivity contribution in [2.75, 3.05) is 6.61 Å². The first-order chi connectivity index (χ1) is 14.8. The molecule has 1 fully saturated rings. The Hall–Kier alpha value is -2.42. The number of hydrogen-bond donors (Lipinski definition) is 1. The van der Waals surface area contributed by atoms with Crippen LogP contribution in [0.25, 0.3) is 11.1 Å². The molecule has 174 valence electrons. The lowest BCUT2D eigenvalue weighted by Crippen LogP contribution is -2.38. The van der Waals surface area contributed by atoms with E-state index in [1.54, 1.807) is 0 Å². The van der Waals surface area contributed by atoms with Crippen molar-refractivity contribution in [3.63, 3.8) is 0 Å². The van der Waals surface area contributed by atoms with Crippen LogP contribution in [0.3, 0.4) is 0 Å². The first-order valence-corrected chi connectivity index (χ1v) is 10.2. The van der Waals surface area contributed by atoms with Gasteiger partial charge in [-0.15, -0.1) is 0 Å². The maximum Gasteiger partial charge on any atom is 0.422 e. The van der Waals surface area contributed by atoms with Crippen molar-refractivity contribution in [1.29, 1.82) is 0 Å². The van der Waals surface area contributed by atoms with Gasteiger partial charge in [-0.05, 0) is 48.2 Å². The van der Waals surface area contributed by atoms with Gasteiger partial charge in [-0.2, -0.15) is 26.3 Å². The Morgan fingerprint density at radius 3 is 2.09 bits per heavy atom. The summed E-state index contributed by atoms with van der Waals surface area (Å²) < 4.78 is 81.8. The van der Waals surface area contributed by atoms with Crippen molar-refractivity contribution in [2.45, 2.75) is 49.9 Å². The fraction of sp³-hybridized carbons (Fsp3) is 0.409. The molecule has 10 heteroatoms. The van der Waals surface area contributed by atoms with Gasteiger partial charge in [0.05, 0.1) is 16.0 Å². The highest BCUT2D eigenvalue weighted by Crippen LogP contribution is 2.46. The quantitative estimate of drug-likeness (QED) is 0.458. The fourth-order valence-corrected chi connectivity index (χ4v) is 4.24. The average Bonchev–Trinajstić information content (AvgIpc) is 2.72. The van der Waals surface area contributed by atoms with Crippen molar-refractivity contribution in [3.8, 4) is 16.9 Å². The lowest BCUT2D eigenvalue weighted by atomic mass is 9.69. The Balaban J connectivity index is 2.15. The summed E-state index contributed by atoms with van der Waals surface area (Å²) in [7, 11) is 0. The molecule has 0 saturated heterocycles. The molecule has 0 heterocycles. The molecule has 32 heavy (non-hydrogen) atoms. The molecule has 3 rings (SSSR count). The maximum absolute atomic E-state index is 12.9. The molecule has 3 nitrogen and oxygen atoms in total. The molecular formula is C22H19ClF6O3. The Morgan fingerprint density at radius 2 is 1.59 bits per heavy atom. The molecular weight excluding hydrogens is 462 g/mol. The topological polar surface area (TPSA) is 46.5 Å². The summed E-state index contributed by atoms with van der Waals surface area (Å²) in [6.45, 7) is -1.65. The van der Waals surface area contributed by atoms with Gasteiger partial charge in [0.15, 0.2) is 6.61 Å². The van der Waals surface area contributed by atoms with Gasteiger partial charge in [-0.25, -0.2) is 0 Å². The highest BCUT2D eigenvalue weighted by atomic mass is 35.5. The van der Waals surface area contributed by atoms with Gasteiger partial charge in [-0.3, -0.25) is 4.79 Å². The zero-order chi connectivity index (χ0) is 23.7. The zero-order valence-corrected chi connectivity index (χ0v) is 17.4. The van der Waals surface area contributed by atoms with E-state index in [2.05, 4.69) is 0 Å². The number of alkyl halides is 6. The van der Waals surface area contributed by atoms with Crippen molar-refractivity contribution < 1.29 is 41.0 Å². The van der Waals surface area contributed by atoms with E-state index in [1.807, 2.05) is 0 Å². The van der Waals surface area contributed by atoms with Gasteiger partial charge < -0.3 is 9.84 Å². The number of hydrogen-bond acceptors (Lipinski definition) is 2. The second-order valence-corrected chi connectivity index (χ2v) is 8.14. The van der Waals surface area contributed by atoms with Crippen LogP contribution in [-0.4, -0.2) is 23.9 Å². The second kappa shape index (κ2) is 8.84. The van der Waals surface area contributed by atoms with E-state index in [4.69, 9.17) is 16.3 Å². The van der Waals surface area contributed by atoms with Gasteiger partial charge in [0.1, 0.15) is 5.75 Å². The summed E-state index contributed by atoms with van der Waals surface area (Å²) in [6, 6.07) is 6.53. The highest BCUT2D eigenvalue weighted by molar-refractivity contribution is 6.34. The minimum absolute atomic E-state index is 0.0984. The monoisotopic (exact) mass is 480 g/mol. The largest absolute Gasteiger partial charge is 0.483 e. The SMILES string of the molecule is O=C(O)C1(c2cc(OCC(F)(F)F)c(Cl)c(-c3ccc(C(F)(F)F)cc3)c2)CCCCC1.